The second-order valence-corrected chi connectivity index (χ2v) is 5.54. The number of hydrogen-bond acceptors (Lipinski definition) is 2. The molecule has 0 bridgehead atoms. The lowest BCUT2D eigenvalue weighted by Crippen LogP contribution is -2.24. The zero-order valence-electron chi connectivity index (χ0n) is 12.3. The molecule has 0 N–H and O–H groups in total. The molecule has 2 aromatic carbocycles. The molecule has 2 aromatic rings. The van der Waals surface area contributed by atoms with Crippen LogP contribution in [0, 0.1) is 0 Å². The highest BCUT2D eigenvalue weighted by atomic mass is 16.7. The first-order valence-corrected chi connectivity index (χ1v) is 7.81. The summed E-state index contributed by atoms with van der Waals surface area (Å²) in [4.78, 5) is 0. The van der Waals surface area contributed by atoms with Gasteiger partial charge in [0.25, 0.3) is 0 Å². The van der Waals surface area contributed by atoms with Crippen LogP contribution in [0.25, 0.3) is 0 Å². The Morgan fingerprint density at radius 1 is 0.857 bits per heavy atom. The third-order valence-corrected chi connectivity index (χ3v) is 3.87. The van der Waals surface area contributed by atoms with Crippen molar-refractivity contribution in [1.29, 1.82) is 0 Å². The quantitative estimate of drug-likeness (QED) is 0.810. The van der Waals surface area contributed by atoms with Crippen molar-refractivity contribution in [2.45, 2.75) is 38.4 Å². The van der Waals surface area contributed by atoms with E-state index in [9.17, 15) is 0 Å². The molecule has 0 amide bonds. The fourth-order valence-corrected chi connectivity index (χ4v) is 2.62. The van der Waals surface area contributed by atoms with Gasteiger partial charge in [0.05, 0.1) is 6.61 Å². The highest BCUT2D eigenvalue weighted by Gasteiger charge is 2.14. The van der Waals surface area contributed by atoms with Gasteiger partial charge in [0, 0.05) is 6.42 Å². The topological polar surface area (TPSA) is 18.5 Å². The average molecular weight is 282 g/mol. The van der Waals surface area contributed by atoms with Crippen LogP contribution in [0.2, 0.25) is 0 Å². The van der Waals surface area contributed by atoms with Gasteiger partial charge in [0.15, 0.2) is 6.29 Å². The van der Waals surface area contributed by atoms with E-state index in [2.05, 4.69) is 54.6 Å². The van der Waals surface area contributed by atoms with Gasteiger partial charge >= 0.3 is 0 Å². The molecule has 1 aliphatic heterocycles. The summed E-state index contributed by atoms with van der Waals surface area (Å²) in [7, 11) is 0. The molecule has 21 heavy (non-hydrogen) atoms. The predicted molar refractivity (Wildman–Crippen MR) is 84.5 cm³/mol. The van der Waals surface area contributed by atoms with Crippen molar-refractivity contribution < 1.29 is 9.47 Å². The molecular weight excluding hydrogens is 260 g/mol. The van der Waals surface area contributed by atoms with Crippen molar-refractivity contribution in [2.24, 2.45) is 0 Å². The van der Waals surface area contributed by atoms with Crippen LogP contribution in [0.5, 0.6) is 5.75 Å². The molecule has 2 nitrogen and oxygen atoms in total. The molecule has 0 aliphatic carbocycles. The third kappa shape index (κ3) is 4.33. The summed E-state index contributed by atoms with van der Waals surface area (Å²) < 4.78 is 11.4. The van der Waals surface area contributed by atoms with Gasteiger partial charge in [-0.05, 0) is 48.9 Å². The van der Waals surface area contributed by atoms with Gasteiger partial charge in [-0.15, -0.1) is 0 Å². The molecule has 1 aliphatic rings. The van der Waals surface area contributed by atoms with Crippen molar-refractivity contribution in [3.63, 3.8) is 0 Å². The first-order chi connectivity index (χ1) is 10.4. The van der Waals surface area contributed by atoms with Crippen LogP contribution in [0.1, 0.15) is 30.4 Å². The minimum Gasteiger partial charge on any atom is -0.465 e. The van der Waals surface area contributed by atoms with Crippen LogP contribution < -0.4 is 4.74 Å². The molecule has 1 fully saturated rings. The minimum atomic E-state index is -0.0612. The van der Waals surface area contributed by atoms with Gasteiger partial charge in [0.1, 0.15) is 5.75 Å². The van der Waals surface area contributed by atoms with Crippen LogP contribution in [0.3, 0.4) is 0 Å². The van der Waals surface area contributed by atoms with Crippen molar-refractivity contribution >= 4 is 0 Å². The number of rotatable bonds is 5. The number of ether oxygens (including phenoxy) is 2. The van der Waals surface area contributed by atoms with Gasteiger partial charge in [0.2, 0.25) is 0 Å². The van der Waals surface area contributed by atoms with Gasteiger partial charge in [-0.25, -0.2) is 0 Å². The lowest BCUT2D eigenvalue weighted by atomic mass is 10.0. The first kappa shape index (κ1) is 14.2. The predicted octanol–water partition coefficient (Wildman–Crippen LogP) is 4.38. The zero-order chi connectivity index (χ0) is 14.3. The maximum Gasteiger partial charge on any atom is 0.199 e. The fourth-order valence-electron chi connectivity index (χ4n) is 2.62. The molecule has 110 valence electrons. The van der Waals surface area contributed by atoms with Crippen molar-refractivity contribution in [3.05, 3.63) is 65.7 Å². The summed E-state index contributed by atoms with van der Waals surface area (Å²) in [5.41, 5.74) is 2.73. The van der Waals surface area contributed by atoms with E-state index in [1.807, 2.05) is 0 Å². The maximum absolute atomic E-state index is 5.85. The van der Waals surface area contributed by atoms with Crippen molar-refractivity contribution in [2.75, 3.05) is 6.61 Å². The van der Waals surface area contributed by atoms with Crippen molar-refractivity contribution in [3.8, 4) is 5.75 Å². The Labute approximate surface area is 126 Å². The average Bonchev–Trinajstić information content (AvgIpc) is 2.56. The highest BCUT2D eigenvalue weighted by Crippen LogP contribution is 2.20. The van der Waals surface area contributed by atoms with Crippen LogP contribution in [-0.2, 0) is 17.6 Å². The smallest absolute Gasteiger partial charge is 0.199 e. The summed E-state index contributed by atoms with van der Waals surface area (Å²) in [5.74, 6) is 0.908. The molecule has 0 radical (unpaired) electrons. The third-order valence-electron chi connectivity index (χ3n) is 3.87. The molecule has 1 saturated heterocycles. The molecule has 2 heteroatoms. The second kappa shape index (κ2) is 7.28. The normalized spacial score (nSPS) is 18.4. The first-order valence-electron chi connectivity index (χ1n) is 7.81. The monoisotopic (exact) mass is 282 g/mol. The van der Waals surface area contributed by atoms with Gasteiger partial charge < -0.3 is 9.47 Å². The lowest BCUT2D eigenvalue weighted by Gasteiger charge is -2.23. The molecule has 1 heterocycles. The second-order valence-electron chi connectivity index (χ2n) is 5.54. The largest absolute Gasteiger partial charge is 0.465 e. The van der Waals surface area contributed by atoms with E-state index < -0.39 is 0 Å². The van der Waals surface area contributed by atoms with Gasteiger partial charge in [-0.1, -0.05) is 42.5 Å². The van der Waals surface area contributed by atoms with Crippen LogP contribution in [0.4, 0.5) is 0 Å². The molecule has 0 aromatic heterocycles. The Hall–Kier alpha value is -1.80. The lowest BCUT2D eigenvalue weighted by molar-refractivity contribution is -0.105. The minimum absolute atomic E-state index is 0.0612. The van der Waals surface area contributed by atoms with Gasteiger partial charge in [-0.2, -0.15) is 0 Å². The molecule has 1 atom stereocenters. The van der Waals surface area contributed by atoms with E-state index in [0.29, 0.717) is 0 Å². The Morgan fingerprint density at radius 2 is 1.57 bits per heavy atom. The van der Waals surface area contributed by atoms with Crippen molar-refractivity contribution in [1.82, 2.24) is 0 Å². The number of benzene rings is 2. The molecule has 3 rings (SSSR count). The Kier molecular flexibility index (Phi) is 4.90. The summed E-state index contributed by atoms with van der Waals surface area (Å²) >= 11 is 0. The van der Waals surface area contributed by atoms with E-state index in [-0.39, 0.29) is 6.29 Å². The summed E-state index contributed by atoms with van der Waals surface area (Å²) in [5, 5.41) is 0. The SMILES string of the molecule is c1ccc(CCc2ccc(OC3CCCCO3)cc2)cc1. The van der Waals surface area contributed by atoms with Gasteiger partial charge in [-0.3, -0.25) is 0 Å². The van der Waals surface area contributed by atoms with Crippen LogP contribution >= 0.6 is 0 Å². The van der Waals surface area contributed by atoms with E-state index in [1.54, 1.807) is 0 Å². The van der Waals surface area contributed by atoms with E-state index in [4.69, 9.17) is 9.47 Å². The summed E-state index contributed by atoms with van der Waals surface area (Å²) in [6.07, 6.45) is 5.42. The van der Waals surface area contributed by atoms with E-state index >= 15 is 0 Å². The zero-order valence-corrected chi connectivity index (χ0v) is 12.3. The van der Waals surface area contributed by atoms with E-state index in [0.717, 1.165) is 38.0 Å². The fraction of sp³-hybridized carbons (Fsp3) is 0.368. The Balaban J connectivity index is 1.51. The molecular formula is C19H22O2. The summed E-state index contributed by atoms with van der Waals surface area (Å²) in [6, 6.07) is 19.0. The standard InChI is InChI=1S/C19H22O2/c1-2-6-16(7-3-1)9-10-17-11-13-18(14-12-17)21-19-8-4-5-15-20-19/h1-3,6-7,11-14,19H,4-5,8-10,15H2. The summed E-state index contributed by atoms with van der Waals surface area (Å²) in [6.45, 7) is 0.819. The van der Waals surface area contributed by atoms with E-state index in [1.165, 1.54) is 17.5 Å². The molecule has 0 saturated carbocycles. The maximum atomic E-state index is 5.85. The Morgan fingerprint density at radius 3 is 2.24 bits per heavy atom. The highest BCUT2D eigenvalue weighted by molar-refractivity contribution is 5.28. The number of hydrogen-bond donors (Lipinski definition) is 0. The van der Waals surface area contributed by atoms with Crippen LogP contribution in [0.15, 0.2) is 54.6 Å². The molecule has 0 spiro atoms. The van der Waals surface area contributed by atoms with Crippen LogP contribution in [-0.4, -0.2) is 12.9 Å². The Bertz CT molecular complexity index is 527. The molecule has 1 unspecified atom stereocenters. The number of aryl methyl sites for hydroxylation is 2.